The van der Waals surface area contributed by atoms with Gasteiger partial charge in [-0.05, 0) is 75.0 Å². The van der Waals surface area contributed by atoms with Crippen LogP contribution in [-0.2, 0) is 24.1 Å². The van der Waals surface area contributed by atoms with Gasteiger partial charge in [0, 0.05) is 24.7 Å². The number of carbonyl (C=O) groups excluding carboxylic acids is 2. The maximum absolute atomic E-state index is 13.4. The molecule has 0 N–H and O–H groups in total. The Kier molecular flexibility index (Phi) is 5.60. The second-order valence-corrected chi connectivity index (χ2v) is 10.1. The van der Waals surface area contributed by atoms with Crippen molar-refractivity contribution in [2.45, 2.75) is 84.7 Å². The molecule has 0 aliphatic heterocycles. The molecule has 4 aliphatic carbocycles. The van der Waals surface area contributed by atoms with Crippen LogP contribution in [0.4, 0.5) is 0 Å². The van der Waals surface area contributed by atoms with E-state index in [1.54, 1.807) is 0 Å². The van der Waals surface area contributed by atoms with Crippen molar-refractivity contribution in [1.82, 2.24) is 0 Å². The van der Waals surface area contributed by atoms with Gasteiger partial charge in [0.1, 0.15) is 11.9 Å². The minimum Gasteiger partial charge on any atom is -0.463 e. The zero-order valence-corrected chi connectivity index (χ0v) is 17.7. The lowest BCUT2D eigenvalue weighted by Crippen LogP contribution is -2.57. The Balaban J connectivity index is 1.53. The fourth-order valence-electron chi connectivity index (χ4n) is 7.53. The van der Waals surface area contributed by atoms with Gasteiger partial charge in [-0.15, -0.1) is 0 Å². The van der Waals surface area contributed by atoms with Gasteiger partial charge in [0.05, 0.1) is 13.2 Å². The summed E-state index contributed by atoms with van der Waals surface area (Å²) in [5.74, 6) is 1.73. The summed E-state index contributed by atoms with van der Waals surface area (Å²) in [6.07, 6.45) is 9.30. The zero-order chi connectivity index (χ0) is 19.9. The summed E-state index contributed by atoms with van der Waals surface area (Å²) < 4.78 is 5.52. The fourth-order valence-corrected chi connectivity index (χ4v) is 7.53. The van der Waals surface area contributed by atoms with Gasteiger partial charge in [0.15, 0.2) is 0 Å². The molecule has 4 aliphatic rings. The maximum atomic E-state index is 13.4. The Morgan fingerprint density at radius 1 is 1.11 bits per heavy atom. The van der Waals surface area contributed by atoms with Crippen molar-refractivity contribution in [2.24, 2.45) is 34.5 Å². The molecule has 0 heterocycles. The average molecular weight is 393 g/mol. The lowest BCUT2D eigenvalue weighted by Gasteiger charge is -2.59. The van der Waals surface area contributed by atoms with Gasteiger partial charge < -0.3 is 4.74 Å². The van der Waals surface area contributed by atoms with Crippen LogP contribution in [0.15, 0.2) is 0 Å². The van der Waals surface area contributed by atoms with Crippen LogP contribution in [0.2, 0.25) is 0 Å². The molecule has 5 heteroatoms. The Morgan fingerprint density at radius 3 is 2.68 bits per heavy atom. The molecule has 0 saturated heterocycles. The van der Waals surface area contributed by atoms with E-state index in [1.807, 2.05) is 6.92 Å². The van der Waals surface area contributed by atoms with Gasteiger partial charge in [0.2, 0.25) is 0 Å². The first-order chi connectivity index (χ1) is 13.4. The summed E-state index contributed by atoms with van der Waals surface area (Å²) in [5.41, 5.74) is 0.328. The van der Waals surface area contributed by atoms with Gasteiger partial charge in [-0.2, -0.15) is 0 Å². The van der Waals surface area contributed by atoms with Crippen LogP contribution in [0.5, 0.6) is 0 Å². The number of ether oxygens (including phenoxy) is 1. The molecule has 0 aromatic rings. The molecule has 0 bridgehead atoms. The van der Waals surface area contributed by atoms with E-state index in [2.05, 4.69) is 6.92 Å². The summed E-state index contributed by atoms with van der Waals surface area (Å²) in [6.45, 7) is 7.05. The van der Waals surface area contributed by atoms with Crippen LogP contribution in [0.3, 0.4) is 0 Å². The van der Waals surface area contributed by atoms with E-state index in [-0.39, 0.29) is 28.8 Å². The standard InChI is InChI=1S/C23H36O5/c1-4-26-27-14-23-9-5-6-19(23)21-18(8-11-23)22(3)10-7-17(28-15(2)24)12-16(22)13-20(21)25/h16-19,21H,4-14H2,1-3H3/t16-,17-,18+,19+,21-,22+,23+/m1/s1. The Hall–Kier alpha value is -0.940. The fraction of sp³-hybridized carbons (Fsp3) is 0.913. The largest absolute Gasteiger partial charge is 0.463 e. The van der Waals surface area contributed by atoms with Crippen LogP contribution < -0.4 is 0 Å². The van der Waals surface area contributed by atoms with Crippen LogP contribution in [0.25, 0.3) is 0 Å². The quantitative estimate of drug-likeness (QED) is 0.299. The molecule has 0 unspecified atom stereocenters. The third-order valence-corrected chi connectivity index (χ3v) is 8.83. The van der Waals surface area contributed by atoms with Crippen LogP contribution in [0, 0.1) is 34.5 Å². The Labute approximate surface area is 168 Å². The zero-order valence-electron chi connectivity index (χ0n) is 17.7. The summed E-state index contributed by atoms with van der Waals surface area (Å²) >= 11 is 0. The molecule has 4 saturated carbocycles. The lowest BCUT2D eigenvalue weighted by molar-refractivity contribution is -0.314. The van der Waals surface area contributed by atoms with Crippen molar-refractivity contribution in [2.75, 3.05) is 13.2 Å². The highest BCUT2D eigenvalue weighted by Gasteiger charge is 2.62. The predicted molar refractivity (Wildman–Crippen MR) is 104 cm³/mol. The Morgan fingerprint density at radius 2 is 1.93 bits per heavy atom. The number of esters is 1. The third kappa shape index (κ3) is 3.32. The number of fused-ring (bicyclic) bond motifs is 5. The molecular formula is C23H36O5. The van der Waals surface area contributed by atoms with E-state index in [0.717, 1.165) is 44.9 Å². The van der Waals surface area contributed by atoms with Crippen LogP contribution >= 0.6 is 0 Å². The van der Waals surface area contributed by atoms with Gasteiger partial charge >= 0.3 is 5.97 Å². The molecule has 158 valence electrons. The number of ketones is 1. The van der Waals surface area contributed by atoms with Gasteiger partial charge in [0.25, 0.3) is 0 Å². The normalized spacial score (nSPS) is 45.1. The molecule has 5 nitrogen and oxygen atoms in total. The molecule has 0 amide bonds. The summed E-state index contributed by atoms with van der Waals surface area (Å²) in [7, 11) is 0. The topological polar surface area (TPSA) is 61.8 Å². The highest BCUT2D eigenvalue weighted by atomic mass is 17.2. The molecule has 4 rings (SSSR count). The third-order valence-electron chi connectivity index (χ3n) is 8.83. The number of hydrogen-bond donors (Lipinski definition) is 0. The van der Waals surface area contributed by atoms with Gasteiger partial charge in [-0.25, -0.2) is 9.78 Å². The maximum Gasteiger partial charge on any atom is 0.302 e. The molecule has 0 aromatic carbocycles. The predicted octanol–water partition coefficient (Wildman–Crippen LogP) is 4.48. The van der Waals surface area contributed by atoms with Crippen LogP contribution in [-0.4, -0.2) is 31.1 Å². The summed E-state index contributed by atoms with van der Waals surface area (Å²) in [5, 5.41) is 0. The first-order valence-electron chi connectivity index (χ1n) is 11.3. The molecule has 7 atom stereocenters. The summed E-state index contributed by atoms with van der Waals surface area (Å²) in [6, 6.07) is 0. The van der Waals surface area contributed by atoms with E-state index in [4.69, 9.17) is 14.5 Å². The van der Waals surface area contributed by atoms with Crippen LogP contribution in [0.1, 0.15) is 78.6 Å². The number of rotatable bonds is 5. The van der Waals surface area contributed by atoms with Crippen molar-refractivity contribution in [3.05, 3.63) is 0 Å². The Bertz CT molecular complexity index is 618. The molecule has 4 fully saturated rings. The number of hydrogen-bond acceptors (Lipinski definition) is 5. The second-order valence-electron chi connectivity index (χ2n) is 10.1. The number of carbonyl (C=O) groups is 2. The molecule has 0 radical (unpaired) electrons. The monoisotopic (exact) mass is 392 g/mol. The minimum absolute atomic E-state index is 0.00585. The molecule has 28 heavy (non-hydrogen) atoms. The van der Waals surface area contributed by atoms with E-state index < -0.39 is 0 Å². The minimum atomic E-state index is -0.198. The van der Waals surface area contributed by atoms with E-state index >= 15 is 0 Å². The van der Waals surface area contributed by atoms with Crippen molar-refractivity contribution in [3.8, 4) is 0 Å². The SMILES string of the molecule is CCOOC[C@@]12CCC[C@H]1[C@@H]1C(=O)C[C@H]3C[C@H](OC(C)=O)CC[C@]3(C)[C@H]1CC2. The lowest BCUT2D eigenvalue weighted by atomic mass is 9.45. The van der Waals surface area contributed by atoms with Crippen molar-refractivity contribution in [3.63, 3.8) is 0 Å². The van der Waals surface area contributed by atoms with Crippen molar-refractivity contribution < 1.29 is 24.1 Å². The first kappa shape index (κ1) is 20.3. The van der Waals surface area contributed by atoms with Crippen molar-refractivity contribution >= 4 is 11.8 Å². The second kappa shape index (κ2) is 7.71. The van der Waals surface area contributed by atoms with Crippen molar-refractivity contribution in [1.29, 1.82) is 0 Å². The van der Waals surface area contributed by atoms with E-state index in [1.165, 1.54) is 13.3 Å². The smallest absolute Gasteiger partial charge is 0.302 e. The first-order valence-corrected chi connectivity index (χ1v) is 11.3. The average Bonchev–Trinajstić information content (AvgIpc) is 3.07. The van der Waals surface area contributed by atoms with Gasteiger partial charge in [-0.3, -0.25) is 9.59 Å². The number of Topliss-reactive ketones (excluding diaryl/α,β-unsaturated/α-hetero) is 1. The highest BCUT2D eigenvalue weighted by molar-refractivity contribution is 5.83. The highest BCUT2D eigenvalue weighted by Crippen LogP contribution is 2.65. The molecule has 0 spiro atoms. The van der Waals surface area contributed by atoms with E-state index in [9.17, 15) is 9.59 Å². The summed E-state index contributed by atoms with van der Waals surface area (Å²) in [4.78, 5) is 35.6. The molecule has 0 aromatic heterocycles. The van der Waals surface area contributed by atoms with Gasteiger partial charge in [-0.1, -0.05) is 13.3 Å². The molecular weight excluding hydrogens is 356 g/mol. The van der Waals surface area contributed by atoms with E-state index in [0.29, 0.717) is 43.2 Å².